The molecule has 0 amide bonds. The lowest BCUT2D eigenvalue weighted by atomic mass is 10.1. The number of aryl methyl sites for hydroxylation is 1. The number of aromatic hydroxyl groups is 1. The van der Waals surface area contributed by atoms with Crippen molar-refractivity contribution in [3.8, 4) is 5.75 Å². The van der Waals surface area contributed by atoms with Gasteiger partial charge in [0.2, 0.25) is 9.05 Å². The van der Waals surface area contributed by atoms with Crippen LogP contribution in [0.2, 0.25) is 5.02 Å². The maximum atomic E-state index is 10.8. The van der Waals surface area contributed by atoms with Crippen LogP contribution in [-0.2, 0) is 15.5 Å². The average molecular weight is 269 g/mol. The van der Waals surface area contributed by atoms with Gasteiger partial charge in [-0.1, -0.05) is 17.7 Å². The van der Waals surface area contributed by atoms with E-state index in [1.807, 2.05) is 0 Å². The summed E-state index contributed by atoms with van der Waals surface area (Å²) in [6, 6.07) is 3.15. The van der Waals surface area contributed by atoms with Gasteiger partial charge in [-0.2, -0.15) is 0 Å². The molecule has 0 bridgehead atoms. The normalized spacial score (nSPS) is 11.7. The van der Waals surface area contributed by atoms with Crippen molar-refractivity contribution in [2.75, 3.05) is 5.75 Å². The van der Waals surface area contributed by atoms with Crippen LogP contribution in [0.3, 0.4) is 0 Å². The van der Waals surface area contributed by atoms with Crippen molar-refractivity contribution in [1.82, 2.24) is 0 Å². The Morgan fingerprint density at radius 2 is 2.00 bits per heavy atom. The second-order valence-corrected chi connectivity index (χ2v) is 6.46. The predicted molar refractivity (Wildman–Crippen MR) is 61.2 cm³/mol. The molecule has 6 heteroatoms. The summed E-state index contributed by atoms with van der Waals surface area (Å²) >= 11 is 5.93. The first-order valence-electron chi connectivity index (χ1n) is 4.20. The molecule has 1 aromatic carbocycles. The van der Waals surface area contributed by atoms with E-state index >= 15 is 0 Å². The Bertz CT molecular complexity index is 468. The minimum atomic E-state index is -3.57. The smallest absolute Gasteiger partial charge is 0.232 e. The fourth-order valence-electron chi connectivity index (χ4n) is 1.19. The molecule has 0 heterocycles. The summed E-state index contributed by atoms with van der Waals surface area (Å²) in [5.74, 6) is -0.253. The summed E-state index contributed by atoms with van der Waals surface area (Å²) in [7, 11) is 1.51. The fraction of sp³-hybridized carbons (Fsp3) is 0.333. The Labute approximate surface area is 98.1 Å². The molecule has 0 aromatic heterocycles. The highest BCUT2D eigenvalue weighted by molar-refractivity contribution is 8.13. The first kappa shape index (κ1) is 12.6. The van der Waals surface area contributed by atoms with Crippen LogP contribution in [-0.4, -0.2) is 19.3 Å². The van der Waals surface area contributed by atoms with E-state index in [9.17, 15) is 13.5 Å². The van der Waals surface area contributed by atoms with E-state index in [1.54, 1.807) is 13.0 Å². The Hall–Kier alpha value is -0.450. The minimum Gasteiger partial charge on any atom is -0.508 e. The molecule has 1 rings (SSSR count). The Morgan fingerprint density at radius 3 is 2.53 bits per heavy atom. The van der Waals surface area contributed by atoms with Gasteiger partial charge < -0.3 is 5.11 Å². The fourth-order valence-corrected chi connectivity index (χ4v) is 2.12. The van der Waals surface area contributed by atoms with Gasteiger partial charge in [0.15, 0.2) is 0 Å². The topological polar surface area (TPSA) is 54.4 Å². The molecule has 0 spiro atoms. The quantitative estimate of drug-likeness (QED) is 0.857. The van der Waals surface area contributed by atoms with Gasteiger partial charge in [0, 0.05) is 16.2 Å². The lowest BCUT2D eigenvalue weighted by molar-refractivity contribution is 0.469. The molecule has 3 nitrogen and oxygen atoms in total. The number of phenolic OH excluding ortho intramolecular Hbond substituents is 1. The molecule has 0 saturated heterocycles. The number of rotatable bonds is 3. The molecular weight excluding hydrogens is 259 g/mol. The molecule has 15 heavy (non-hydrogen) atoms. The summed E-state index contributed by atoms with van der Waals surface area (Å²) in [6.07, 6.45) is 0.109. The molecule has 1 N–H and O–H groups in total. The summed E-state index contributed by atoms with van der Waals surface area (Å²) in [6.45, 7) is 1.78. The van der Waals surface area contributed by atoms with Gasteiger partial charge in [-0.3, -0.25) is 0 Å². The highest BCUT2D eigenvalue weighted by atomic mass is 35.7. The predicted octanol–water partition coefficient (Wildman–Crippen LogP) is 2.47. The van der Waals surface area contributed by atoms with E-state index < -0.39 is 9.05 Å². The zero-order chi connectivity index (χ0) is 11.6. The average Bonchev–Trinajstić information content (AvgIpc) is 2.10. The van der Waals surface area contributed by atoms with E-state index in [-0.39, 0.29) is 17.9 Å². The van der Waals surface area contributed by atoms with E-state index in [4.69, 9.17) is 22.3 Å². The monoisotopic (exact) mass is 268 g/mol. The molecule has 0 radical (unpaired) electrons. The van der Waals surface area contributed by atoms with Crippen molar-refractivity contribution in [2.45, 2.75) is 13.3 Å². The van der Waals surface area contributed by atoms with Gasteiger partial charge in [-0.05, 0) is 25.0 Å². The Balaban J connectivity index is 2.99. The molecule has 0 aliphatic carbocycles. The van der Waals surface area contributed by atoms with E-state index in [1.165, 1.54) is 6.07 Å². The second kappa shape index (κ2) is 4.60. The third-order valence-electron chi connectivity index (χ3n) is 2.01. The third-order valence-corrected chi connectivity index (χ3v) is 3.69. The molecule has 84 valence electrons. The number of benzene rings is 1. The van der Waals surface area contributed by atoms with Crippen LogP contribution in [0.25, 0.3) is 0 Å². The number of phenols is 1. The van der Waals surface area contributed by atoms with Crippen LogP contribution in [0.4, 0.5) is 0 Å². The van der Waals surface area contributed by atoms with E-state index in [0.29, 0.717) is 10.6 Å². The van der Waals surface area contributed by atoms with Crippen molar-refractivity contribution < 1.29 is 13.5 Å². The number of halogens is 2. The van der Waals surface area contributed by atoms with Crippen LogP contribution in [0.5, 0.6) is 5.75 Å². The highest BCUT2D eigenvalue weighted by Crippen LogP contribution is 2.29. The molecule has 0 unspecified atom stereocenters. The summed E-state index contributed by atoms with van der Waals surface area (Å²) in [4.78, 5) is 0. The van der Waals surface area contributed by atoms with Crippen LogP contribution < -0.4 is 0 Å². The van der Waals surface area contributed by atoms with Crippen LogP contribution in [0, 0.1) is 6.92 Å². The van der Waals surface area contributed by atoms with Crippen LogP contribution >= 0.6 is 22.3 Å². The molecule has 0 aliphatic heterocycles. The van der Waals surface area contributed by atoms with Crippen molar-refractivity contribution in [2.24, 2.45) is 0 Å². The van der Waals surface area contributed by atoms with Gasteiger partial charge in [0.25, 0.3) is 0 Å². The zero-order valence-electron chi connectivity index (χ0n) is 8.00. The van der Waals surface area contributed by atoms with Crippen molar-refractivity contribution in [3.05, 3.63) is 28.3 Å². The SMILES string of the molecule is Cc1ccc(O)c(CCS(=O)(=O)Cl)c1Cl. The van der Waals surface area contributed by atoms with Crippen molar-refractivity contribution >= 4 is 31.3 Å². The first-order chi connectivity index (χ1) is 6.81. The third kappa shape index (κ3) is 3.55. The Morgan fingerprint density at radius 1 is 1.40 bits per heavy atom. The van der Waals surface area contributed by atoms with Gasteiger partial charge in [0.1, 0.15) is 5.75 Å². The Kier molecular flexibility index (Phi) is 3.87. The second-order valence-electron chi connectivity index (χ2n) is 3.19. The number of hydrogen-bond acceptors (Lipinski definition) is 3. The number of hydrogen-bond donors (Lipinski definition) is 1. The van der Waals surface area contributed by atoms with Gasteiger partial charge in [0.05, 0.1) is 10.8 Å². The lowest BCUT2D eigenvalue weighted by Crippen LogP contribution is -2.02. The van der Waals surface area contributed by atoms with Crippen LogP contribution in [0.15, 0.2) is 12.1 Å². The molecule has 0 atom stereocenters. The maximum absolute atomic E-state index is 10.8. The summed E-state index contributed by atoms with van der Waals surface area (Å²) in [5.41, 5.74) is 1.21. The van der Waals surface area contributed by atoms with Crippen LogP contribution in [0.1, 0.15) is 11.1 Å². The maximum Gasteiger partial charge on any atom is 0.232 e. The first-order valence-corrected chi connectivity index (χ1v) is 7.06. The largest absolute Gasteiger partial charge is 0.508 e. The highest BCUT2D eigenvalue weighted by Gasteiger charge is 2.12. The van der Waals surface area contributed by atoms with Gasteiger partial charge in [-0.15, -0.1) is 0 Å². The van der Waals surface area contributed by atoms with Gasteiger partial charge >= 0.3 is 0 Å². The minimum absolute atomic E-state index is 0.00841. The molecule has 0 fully saturated rings. The molecular formula is C9H10Cl2O3S. The zero-order valence-corrected chi connectivity index (χ0v) is 10.3. The standard InChI is InChI=1S/C9H10Cl2O3S/c1-6-2-3-8(12)7(9(6)10)4-5-15(11,13)14/h2-3,12H,4-5H2,1H3. The van der Waals surface area contributed by atoms with Gasteiger partial charge in [-0.25, -0.2) is 8.42 Å². The van der Waals surface area contributed by atoms with E-state index in [0.717, 1.165) is 5.56 Å². The van der Waals surface area contributed by atoms with Crippen molar-refractivity contribution in [1.29, 1.82) is 0 Å². The lowest BCUT2D eigenvalue weighted by Gasteiger charge is -2.08. The molecule has 1 aromatic rings. The summed E-state index contributed by atoms with van der Waals surface area (Å²) in [5, 5.41) is 9.87. The summed E-state index contributed by atoms with van der Waals surface area (Å²) < 4.78 is 21.5. The molecule has 0 saturated carbocycles. The molecule has 0 aliphatic rings. The van der Waals surface area contributed by atoms with E-state index in [2.05, 4.69) is 0 Å². The van der Waals surface area contributed by atoms with Crippen molar-refractivity contribution in [3.63, 3.8) is 0 Å².